The molecule has 0 spiro atoms. The number of para-hydroxylation sites is 1. The van der Waals surface area contributed by atoms with Gasteiger partial charge in [0.15, 0.2) is 5.54 Å². The van der Waals surface area contributed by atoms with Gasteiger partial charge in [0.2, 0.25) is 0 Å². The molecule has 132 valence electrons. The SMILES string of the molecule is NCCNC(C(=O)Oc1ccccc1)(c1ccccc1)c1ccccc1. The van der Waals surface area contributed by atoms with E-state index in [-0.39, 0.29) is 0 Å². The van der Waals surface area contributed by atoms with Crippen LogP contribution in [0, 0.1) is 0 Å². The number of hydrogen-bond donors (Lipinski definition) is 2. The fraction of sp³-hybridized carbons (Fsp3) is 0.136. The van der Waals surface area contributed by atoms with Crippen LogP contribution in [0.1, 0.15) is 11.1 Å². The Bertz CT molecular complexity index is 781. The molecule has 3 aromatic rings. The fourth-order valence-corrected chi connectivity index (χ4v) is 2.99. The summed E-state index contributed by atoms with van der Waals surface area (Å²) in [4.78, 5) is 13.4. The third kappa shape index (κ3) is 3.67. The number of carbonyl (C=O) groups is 1. The van der Waals surface area contributed by atoms with E-state index in [4.69, 9.17) is 10.5 Å². The molecular formula is C22H22N2O2. The molecule has 3 rings (SSSR count). The molecular weight excluding hydrogens is 324 g/mol. The molecule has 26 heavy (non-hydrogen) atoms. The van der Waals surface area contributed by atoms with Gasteiger partial charge in [-0.15, -0.1) is 0 Å². The number of carbonyl (C=O) groups excluding carboxylic acids is 1. The fourth-order valence-electron chi connectivity index (χ4n) is 2.99. The maximum Gasteiger partial charge on any atom is 0.341 e. The van der Waals surface area contributed by atoms with Gasteiger partial charge in [0.25, 0.3) is 0 Å². The lowest BCUT2D eigenvalue weighted by atomic mass is 9.82. The number of rotatable bonds is 7. The molecule has 3 N–H and O–H groups in total. The topological polar surface area (TPSA) is 64.3 Å². The van der Waals surface area contributed by atoms with Crippen molar-refractivity contribution in [3.05, 3.63) is 102 Å². The van der Waals surface area contributed by atoms with E-state index < -0.39 is 11.5 Å². The van der Waals surface area contributed by atoms with Crippen LogP contribution >= 0.6 is 0 Å². The van der Waals surface area contributed by atoms with Gasteiger partial charge < -0.3 is 10.5 Å². The second-order valence-corrected chi connectivity index (χ2v) is 5.90. The van der Waals surface area contributed by atoms with Crippen LogP contribution in [-0.2, 0) is 10.3 Å². The molecule has 0 atom stereocenters. The van der Waals surface area contributed by atoms with Crippen molar-refractivity contribution in [2.75, 3.05) is 13.1 Å². The summed E-state index contributed by atoms with van der Waals surface area (Å²) in [6.45, 7) is 0.869. The first kappa shape index (κ1) is 17.9. The Hall–Kier alpha value is -2.95. The summed E-state index contributed by atoms with van der Waals surface area (Å²) < 4.78 is 5.74. The molecule has 0 saturated heterocycles. The van der Waals surface area contributed by atoms with Gasteiger partial charge in [0, 0.05) is 13.1 Å². The zero-order valence-corrected chi connectivity index (χ0v) is 14.5. The molecule has 0 bridgehead atoms. The zero-order chi connectivity index (χ0) is 18.2. The lowest BCUT2D eigenvalue weighted by Gasteiger charge is -2.33. The smallest absolute Gasteiger partial charge is 0.341 e. The van der Waals surface area contributed by atoms with Crippen LogP contribution in [0.4, 0.5) is 0 Å². The summed E-state index contributed by atoms with van der Waals surface area (Å²) >= 11 is 0. The van der Waals surface area contributed by atoms with Gasteiger partial charge >= 0.3 is 5.97 Å². The quantitative estimate of drug-likeness (QED) is 0.510. The van der Waals surface area contributed by atoms with Crippen molar-refractivity contribution in [1.82, 2.24) is 5.32 Å². The van der Waals surface area contributed by atoms with Crippen LogP contribution < -0.4 is 15.8 Å². The van der Waals surface area contributed by atoms with Crippen molar-refractivity contribution in [3.63, 3.8) is 0 Å². The van der Waals surface area contributed by atoms with E-state index in [1.54, 1.807) is 12.1 Å². The maximum absolute atomic E-state index is 13.4. The number of esters is 1. The molecule has 4 heteroatoms. The van der Waals surface area contributed by atoms with E-state index in [1.807, 2.05) is 78.9 Å². The van der Waals surface area contributed by atoms with Crippen molar-refractivity contribution in [1.29, 1.82) is 0 Å². The van der Waals surface area contributed by atoms with Gasteiger partial charge in [0.05, 0.1) is 0 Å². The minimum Gasteiger partial charge on any atom is -0.425 e. The molecule has 0 radical (unpaired) electrons. The molecule has 4 nitrogen and oxygen atoms in total. The number of hydrogen-bond acceptors (Lipinski definition) is 4. The summed E-state index contributed by atoms with van der Waals surface area (Å²) in [5, 5.41) is 3.34. The Morgan fingerprint density at radius 3 is 1.73 bits per heavy atom. The van der Waals surface area contributed by atoms with Crippen molar-refractivity contribution < 1.29 is 9.53 Å². The molecule has 0 fully saturated rings. The van der Waals surface area contributed by atoms with Crippen molar-refractivity contribution >= 4 is 5.97 Å². The van der Waals surface area contributed by atoms with E-state index in [9.17, 15) is 4.79 Å². The highest BCUT2D eigenvalue weighted by Gasteiger charge is 2.43. The highest BCUT2D eigenvalue weighted by atomic mass is 16.5. The summed E-state index contributed by atoms with van der Waals surface area (Å²) in [6, 6.07) is 28.2. The summed E-state index contributed by atoms with van der Waals surface area (Å²) in [6.07, 6.45) is 0. The van der Waals surface area contributed by atoms with E-state index >= 15 is 0 Å². The largest absolute Gasteiger partial charge is 0.425 e. The third-order valence-corrected chi connectivity index (χ3v) is 4.21. The van der Waals surface area contributed by atoms with Gasteiger partial charge in [-0.25, -0.2) is 4.79 Å². The standard InChI is InChI=1S/C22H22N2O2/c23-16-17-24-22(18-10-4-1-5-11-18,19-12-6-2-7-13-19)21(25)26-20-14-8-3-9-15-20/h1-15,24H,16-17,23H2. The van der Waals surface area contributed by atoms with Gasteiger partial charge in [-0.2, -0.15) is 0 Å². The molecule has 0 saturated carbocycles. The lowest BCUT2D eigenvalue weighted by Crippen LogP contribution is -2.53. The Morgan fingerprint density at radius 2 is 1.27 bits per heavy atom. The Balaban J connectivity index is 2.11. The van der Waals surface area contributed by atoms with Crippen LogP contribution in [0.15, 0.2) is 91.0 Å². The lowest BCUT2D eigenvalue weighted by molar-refractivity contribution is -0.140. The van der Waals surface area contributed by atoms with Gasteiger partial charge in [0.1, 0.15) is 5.75 Å². The maximum atomic E-state index is 13.4. The van der Waals surface area contributed by atoms with Crippen LogP contribution in [0.5, 0.6) is 5.75 Å². The Kier molecular flexibility index (Phi) is 5.79. The molecule has 0 aliphatic carbocycles. The third-order valence-electron chi connectivity index (χ3n) is 4.21. The number of nitrogens with one attached hydrogen (secondary N) is 1. The zero-order valence-electron chi connectivity index (χ0n) is 14.5. The summed E-state index contributed by atoms with van der Waals surface area (Å²) in [7, 11) is 0. The molecule has 0 aliphatic heterocycles. The average molecular weight is 346 g/mol. The first-order chi connectivity index (χ1) is 12.8. The molecule has 0 unspecified atom stereocenters. The van der Waals surface area contributed by atoms with Crippen LogP contribution in [0.25, 0.3) is 0 Å². The van der Waals surface area contributed by atoms with Crippen molar-refractivity contribution in [3.8, 4) is 5.75 Å². The van der Waals surface area contributed by atoms with Crippen LogP contribution in [0.2, 0.25) is 0 Å². The van der Waals surface area contributed by atoms with E-state index in [2.05, 4.69) is 5.32 Å². The predicted octanol–water partition coefficient (Wildman–Crippen LogP) is 3.08. The second-order valence-electron chi connectivity index (χ2n) is 5.90. The Labute approximate surface area is 153 Å². The van der Waals surface area contributed by atoms with E-state index in [0.717, 1.165) is 11.1 Å². The highest BCUT2D eigenvalue weighted by Crippen LogP contribution is 2.32. The molecule has 0 aromatic heterocycles. The molecule has 0 aliphatic rings. The Morgan fingerprint density at radius 1 is 0.808 bits per heavy atom. The first-order valence-corrected chi connectivity index (χ1v) is 8.61. The van der Waals surface area contributed by atoms with Crippen LogP contribution in [0.3, 0.4) is 0 Å². The molecule has 0 heterocycles. The van der Waals surface area contributed by atoms with E-state index in [0.29, 0.717) is 18.8 Å². The minimum atomic E-state index is -1.14. The van der Waals surface area contributed by atoms with Crippen molar-refractivity contribution in [2.24, 2.45) is 5.73 Å². The van der Waals surface area contributed by atoms with Crippen molar-refractivity contribution in [2.45, 2.75) is 5.54 Å². The van der Waals surface area contributed by atoms with Gasteiger partial charge in [-0.1, -0.05) is 78.9 Å². The van der Waals surface area contributed by atoms with Gasteiger partial charge in [-0.3, -0.25) is 5.32 Å². The predicted molar refractivity (Wildman–Crippen MR) is 103 cm³/mol. The van der Waals surface area contributed by atoms with E-state index in [1.165, 1.54) is 0 Å². The monoisotopic (exact) mass is 346 g/mol. The van der Waals surface area contributed by atoms with Crippen LogP contribution in [-0.4, -0.2) is 19.1 Å². The normalized spacial score (nSPS) is 11.1. The number of ether oxygens (including phenoxy) is 1. The first-order valence-electron chi connectivity index (χ1n) is 8.61. The minimum absolute atomic E-state index is 0.394. The summed E-state index contributed by atoms with van der Waals surface area (Å²) in [5.74, 6) is 0.109. The average Bonchev–Trinajstić information content (AvgIpc) is 2.71. The van der Waals surface area contributed by atoms with Gasteiger partial charge in [-0.05, 0) is 23.3 Å². The molecule has 3 aromatic carbocycles. The second kappa shape index (κ2) is 8.43. The number of benzene rings is 3. The number of nitrogens with two attached hydrogens (primary N) is 1. The molecule has 0 amide bonds. The highest BCUT2D eigenvalue weighted by molar-refractivity contribution is 5.88. The summed E-state index contributed by atoms with van der Waals surface area (Å²) in [5.41, 5.74) is 6.20.